The van der Waals surface area contributed by atoms with Gasteiger partial charge < -0.3 is 4.74 Å². The molecule has 0 bridgehead atoms. The monoisotopic (exact) mass is 473 g/mol. The molecule has 0 unspecified atom stereocenters. The molecule has 1 aliphatic rings. The highest BCUT2D eigenvalue weighted by atomic mass is 79.9. The Morgan fingerprint density at radius 1 is 1.21 bits per heavy atom. The van der Waals surface area contributed by atoms with E-state index in [0.717, 1.165) is 69.4 Å². The number of thiazole rings is 1. The second-order valence-corrected chi connectivity index (χ2v) is 9.26. The van der Waals surface area contributed by atoms with Crippen LogP contribution in [0.15, 0.2) is 40.9 Å². The fraction of sp³-hybridized carbons (Fsp3) is 0.364. The smallest absolute Gasteiger partial charge is 0.260 e. The van der Waals surface area contributed by atoms with Gasteiger partial charge in [0.25, 0.3) is 5.91 Å². The molecule has 0 N–H and O–H groups in total. The Bertz CT molecular complexity index is 1030. The summed E-state index contributed by atoms with van der Waals surface area (Å²) in [6, 6.07) is 12.0. The summed E-state index contributed by atoms with van der Waals surface area (Å²) in [5.41, 5.74) is 3.80. The number of aryl methyl sites for hydroxylation is 2. The van der Waals surface area contributed by atoms with Crippen molar-refractivity contribution < 1.29 is 9.53 Å². The van der Waals surface area contributed by atoms with Crippen molar-refractivity contribution in [1.29, 1.82) is 0 Å². The standard InChI is InChI=1S/C22H24BrN3O2S/c1-15-3-5-18(16(2)13-15)21(27)26(8-7-25-9-11-28-12-10-25)22-24-19-6-4-17(23)14-20(19)29-22/h3-6,13-14H,7-12H2,1-2H3. The molecule has 1 amide bonds. The van der Waals surface area contributed by atoms with E-state index in [0.29, 0.717) is 6.54 Å². The van der Waals surface area contributed by atoms with Crippen molar-refractivity contribution in [2.45, 2.75) is 13.8 Å². The summed E-state index contributed by atoms with van der Waals surface area (Å²) < 4.78 is 7.53. The van der Waals surface area contributed by atoms with E-state index < -0.39 is 0 Å². The van der Waals surface area contributed by atoms with E-state index in [1.54, 1.807) is 11.3 Å². The van der Waals surface area contributed by atoms with Gasteiger partial charge in [0.2, 0.25) is 0 Å². The van der Waals surface area contributed by atoms with Crippen LogP contribution in [0, 0.1) is 13.8 Å². The quantitative estimate of drug-likeness (QED) is 0.540. The van der Waals surface area contributed by atoms with Crippen LogP contribution < -0.4 is 4.90 Å². The number of fused-ring (bicyclic) bond motifs is 1. The molecule has 7 heteroatoms. The van der Waals surface area contributed by atoms with Gasteiger partial charge in [-0.05, 0) is 43.7 Å². The van der Waals surface area contributed by atoms with Crippen LogP contribution in [0.4, 0.5) is 5.13 Å². The molecule has 0 saturated carbocycles. The van der Waals surface area contributed by atoms with E-state index >= 15 is 0 Å². The first kappa shape index (κ1) is 20.5. The van der Waals surface area contributed by atoms with Gasteiger partial charge in [0.15, 0.2) is 5.13 Å². The Balaban J connectivity index is 1.66. The van der Waals surface area contributed by atoms with Crippen LogP contribution in [-0.4, -0.2) is 55.2 Å². The number of aromatic nitrogens is 1. The van der Waals surface area contributed by atoms with Crippen molar-refractivity contribution in [1.82, 2.24) is 9.88 Å². The van der Waals surface area contributed by atoms with E-state index in [4.69, 9.17) is 9.72 Å². The first-order valence-corrected chi connectivity index (χ1v) is 11.4. The molecule has 5 nitrogen and oxygen atoms in total. The molecule has 1 fully saturated rings. The van der Waals surface area contributed by atoms with Gasteiger partial charge in [-0.1, -0.05) is 45.0 Å². The molecule has 0 aliphatic carbocycles. The lowest BCUT2D eigenvalue weighted by atomic mass is 10.0. The summed E-state index contributed by atoms with van der Waals surface area (Å²) in [5.74, 6) is 0.00822. The number of hydrogen-bond donors (Lipinski definition) is 0. The molecule has 0 spiro atoms. The molecule has 2 aromatic carbocycles. The highest BCUT2D eigenvalue weighted by molar-refractivity contribution is 9.10. The molecule has 0 atom stereocenters. The topological polar surface area (TPSA) is 45.7 Å². The van der Waals surface area contributed by atoms with Gasteiger partial charge >= 0.3 is 0 Å². The zero-order valence-electron chi connectivity index (χ0n) is 16.7. The van der Waals surface area contributed by atoms with Gasteiger partial charge in [-0.2, -0.15) is 0 Å². The number of anilines is 1. The molecule has 1 saturated heterocycles. The fourth-order valence-electron chi connectivity index (χ4n) is 3.55. The third-order valence-electron chi connectivity index (χ3n) is 5.17. The summed E-state index contributed by atoms with van der Waals surface area (Å²) in [6.45, 7) is 8.75. The number of ether oxygens (including phenoxy) is 1. The SMILES string of the molecule is Cc1ccc(C(=O)N(CCN2CCOCC2)c2nc3ccc(Br)cc3s2)c(C)c1. The Kier molecular flexibility index (Phi) is 6.29. The van der Waals surface area contributed by atoms with Gasteiger partial charge in [0.1, 0.15) is 0 Å². The molecule has 4 rings (SSSR count). The van der Waals surface area contributed by atoms with Crippen molar-refractivity contribution in [3.63, 3.8) is 0 Å². The van der Waals surface area contributed by atoms with Crippen molar-refractivity contribution in [2.75, 3.05) is 44.3 Å². The van der Waals surface area contributed by atoms with Crippen molar-refractivity contribution in [2.24, 2.45) is 0 Å². The lowest BCUT2D eigenvalue weighted by Gasteiger charge is -2.29. The molecule has 1 aromatic heterocycles. The zero-order chi connectivity index (χ0) is 20.4. The van der Waals surface area contributed by atoms with E-state index in [1.807, 2.05) is 43.0 Å². The first-order chi connectivity index (χ1) is 14.0. The maximum Gasteiger partial charge on any atom is 0.260 e. The molecule has 29 heavy (non-hydrogen) atoms. The lowest BCUT2D eigenvalue weighted by Crippen LogP contribution is -2.43. The number of benzene rings is 2. The van der Waals surface area contributed by atoms with Crippen LogP contribution in [0.2, 0.25) is 0 Å². The van der Waals surface area contributed by atoms with Crippen molar-refractivity contribution in [3.05, 3.63) is 57.6 Å². The van der Waals surface area contributed by atoms with Gasteiger partial charge in [0, 0.05) is 36.2 Å². The maximum absolute atomic E-state index is 13.5. The van der Waals surface area contributed by atoms with E-state index in [9.17, 15) is 4.79 Å². The van der Waals surface area contributed by atoms with Crippen LogP contribution in [0.5, 0.6) is 0 Å². The second-order valence-electron chi connectivity index (χ2n) is 7.34. The summed E-state index contributed by atoms with van der Waals surface area (Å²) in [4.78, 5) is 22.5. The summed E-state index contributed by atoms with van der Waals surface area (Å²) >= 11 is 5.08. The lowest BCUT2D eigenvalue weighted by molar-refractivity contribution is 0.0391. The number of rotatable bonds is 5. The normalized spacial score (nSPS) is 15.0. The average molecular weight is 474 g/mol. The molecule has 2 heterocycles. The number of hydrogen-bond acceptors (Lipinski definition) is 5. The second kappa shape index (κ2) is 8.92. The van der Waals surface area contributed by atoms with Crippen LogP contribution >= 0.6 is 27.3 Å². The Morgan fingerprint density at radius 2 is 2.00 bits per heavy atom. The van der Waals surface area contributed by atoms with Gasteiger partial charge in [-0.3, -0.25) is 14.6 Å². The number of amides is 1. The molecule has 0 radical (unpaired) electrons. The number of carbonyl (C=O) groups excluding carboxylic acids is 1. The van der Waals surface area contributed by atoms with Crippen molar-refractivity contribution in [3.8, 4) is 0 Å². The van der Waals surface area contributed by atoms with E-state index in [1.165, 1.54) is 0 Å². The van der Waals surface area contributed by atoms with E-state index in [2.05, 4.69) is 33.0 Å². The van der Waals surface area contributed by atoms with Crippen molar-refractivity contribution >= 4 is 48.5 Å². The first-order valence-electron chi connectivity index (χ1n) is 9.76. The summed E-state index contributed by atoms with van der Waals surface area (Å²) in [6.07, 6.45) is 0. The highest BCUT2D eigenvalue weighted by Crippen LogP contribution is 2.32. The minimum atomic E-state index is 0.00822. The third-order valence-corrected chi connectivity index (χ3v) is 6.71. The Morgan fingerprint density at radius 3 is 2.76 bits per heavy atom. The Labute approximate surface area is 183 Å². The van der Waals surface area contributed by atoms with Gasteiger partial charge in [0.05, 0.1) is 23.4 Å². The fourth-order valence-corrected chi connectivity index (χ4v) is 5.09. The van der Waals surface area contributed by atoms with Crippen LogP contribution in [-0.2, 0) is 4.74 Å². The summed E-state index contributed by atoms with van der Waals surface area (Å²) in [5, 5.41) is 0.747. The van der Waals surface area contributed by atoms with E-state index in [-0.39, 0.29) is 5.91 Å². The molecule has 1 aliphatic heterocycles. The van der Waals surface area contributed by atoms with Gasteiger partial charge in [-0.25, -0.2) is 4.98 Å². The van der Waals surface area contributed by atoms with Crippen LogP contribution in [0.25, 0.3) is 10.2 Å². The molecule has 152 valence electrons. The minimum absolute atomic E-state index is 0.00822. The number of halogens is 1. The summed E-state index contributed by atoms with van der Waals surface area (Å²) in [7, 11) is 0. The average Bonchev–Trinajstić information content (AvgIpc) is 3.11. The Hall–Kier alpha value is -1.80. The minimum Gasteiger partial charge on any atom is -0.379 e. The third kappa shape index (κ3) is 4.69. The highest BCUT2D eigenvalue weighted by Gasteiger charge is 2.24. The number of carbonyl (C=O) groups is 1. The zero-order valence-corrected chi connectivity index (χ0v) is 19.1. The van der Waals surface area contributed by atoms with Crippen LogP contribution in [0.3, 0.4) is 0 Å². The van der Waals surface area contributed by atoms with Crippen LogP contribution in [0.1, 0.15) is 21.5 Å². The molecule has 3 aromatic rings. The number of nitrogens with zero attached hydrogens (tertiary/aromatic N) is 3. The maximum atomic E-state index is 13.5. The largest absolute Gasteiger partial charge is 0.379 e. The van der Waals surface area contributed by atoms with Gasteiger partial charge in [-0.15, -0.1) is 0 Å². The molecular weight excluding hydrogens is 450 g/mol. The number of morpholine rings is 1. The predicted octanol–water partition coefficient (Wildman–Crippen LogP) is 4.65. The predicted molar refractivity (Wildman–Crippen MR) is 122 cm³/mol. The molecular formula is C22H24BrN3O2S.